The van der Waals surface area contributed by atoms with Gasteiger partial charge in [0.05, 0.1) is 27.9 Å². The fraction of sp³-hybridized carbons (Fsp3) is 0.296. The highest BCUT2D eigenvalue weighted by Crippen LogP contribution is 2.30. The molecule has 35 heavy (non-hydrogen) atoms. The standard InChI is InChI=1S/C27H29NO7/c1-18(2)12-13-34-22-9-6-19(15-24(22)31-3)8-11-26(29)35-23-10-7-20(16-25(23)32-4)14-21(17-28)27(30)33-5/h6-11,14-16,18H,12-13H2,1-5H3/b11-8+,21-14+. The van der Waals surface area contributed by atoms with E-state index < -0.39 is 11.9 Å². The van der Waals surface area contributed by atoms with Crippen LogP contribution in [0, 0.1) is 17.2 Å². The van der Waals surface area contributed by atoms with Crippen molar-refractivity contribution in [1.82, 2.24) is 0 Å². The molecule has 0 spiro atoms. The predicted octanol–water partition coefficient (Wildman–Crippen LogP) is 4.83. The van der Waals surface area contributed by atoms with Gasteiger partial charge < -0.3 is 23.7 Å². The van der Waals surface area contributed by atoms with E-state index in [-0.39, 0.29) is 17.1 Å². The summed E-state index contributed by atoms with van der Waals surface area (Å²) >= 11 is 0. The monoisotopic (exact) mass is 479 g/mol. The summed E-state index contributed by atoms with van der Waals surface area (Å²) in [4.78, 5) is 24.0. The SMILES string of the molecule is COC(=O)/C(C#N)=C/c1ccc(OC(=O)/C=C/c2ccc(OCCC(C)C)c(OC)c2)c(OC)c1. The van der Waals surface area contributed by atoms with Crippen LogP contribution in [0.5, 0.6) is 23.0 Å². The van der Waals surface area contributed by atoms with Crippen molar-refractivity contribution in [3.05, 3.63) is 59.2 Å². The van der Waals surface area contributed by atoms with Crippen LogP contribution < -0.4 is 18.9 Å². The lowest BCUT2D eigenvalue weighted by atomic mass is 10.1. The molecule has 0 atom stereocenters. The highest BCUT2D eigenvalue weighted by Gasteiger charge is 2.12. The Morgan fingerprint density at radius 2 is 1.57 bits per heavy atom. The number of hydrogen-bond donors (Lipinski definition) is 0. The highest BCUT2D eigenvalue weighted by molar-refractivity contribution is 5.98. The number of carbonyl (C=O) groups excluding carboxylic acids is 2. The maximum Gasteiger partial charge on any atom is 0.348 e. The molecule has 0 saturated carbocycles. The second-order valence-electron chi connectivity index (χ2n) is 7.77. The minimum Gasteiger partial charge on any atom is -0.493 e. The number of rotatable bonds is 11. The van der Waals surface area contributed by atoms with E-state index in [1.165, 1.54) is 38.5 Å². The molecule has 0 saturated heterocycles. The molecule has 0 N–H and O–H groups in total. The predicted molar refractivity (Wildman–Crippen MR) is 131 cm³/mol. The van der Waals surface area contributed by atoms with Crippen molar-refractivity contribution in [3.63, 3.8) is 0 Å². The van der Waals surface area contributed by atoms with Gasteiger partial charge in [0.15, 0.2) is 23.0 Å². The van der Waals surface area contributed by atoms with Crippen molar-refractivity contribution in [2.45, 2.75) is 20.3 Å². The van der Waals surface area contributed by atoms with Gasteiger partial charge >= 0.3 is 11.9 Å². The van der Waals surface area contributed by atoms with Crippen LogP contribution in [0.2, 0.25) is 0 Å². The third-order valence-electron chi connectivity index (χ3n) is 4.79. The molecule has 0 aliphatic heterocycles. The van der Waals surface area contributed by atoms with E-state index in [4.69, 9.17) is 24.2 Å². The van der Waals surface area contributed by atoms with Crippen LogP contribution in [0.15, 0.2) is 48.0 Å². The molecule has 0 aliphatic rings. The molecule has 0 aromatic heterocycles. The number of ether oxygens (including phenoxy) is 5. The van der Waals surface area contributed by atoms with Crippen LogP contribution in [0.1, 0.15) is 31.4 Å². The van der Waals surface area contributed by atoms with E-state index in [0.717, 1.165) is 12.0 Å². The molecule has 2 aromatic rings. The van der Waals surface area contributed by atoms with Gasteiger partial charge in [0.1, 0.15) is 11.6 Å². The van der Waals surface area contributed by atoms with Crippen LogP contribution in [0.3, 0.4) is 0 Å². The summed E-state index contributed by atoms with van der Waals surface area (Å²) in [5, 5.41) is 9.11. The molecular formula is C27H29NO7. The molecule has 0 unspecified atom stereocenters. The first-order chi connectivity index (χ1) is 16.8. The number of nitriles is 1. The molecule has 0 heterocycles. The summed E-state index contributed by atoms with van der Waals surface area (Å²) in [6.07, 6.45) is 5.17. The Bertz CT molecular complexity index is 1140. The van der Waals surface area contributed by atoms with Crippen molar-refractivity contribution in [2.75, 3.05) is 27.9 Å². The van der Waals surface area contributed by atoms with E-state index in [9.17, 15) is 9.59 Å². The van der Waals surface area contributed by atoms with Gasteiger partial charge in [-0.05, 0) is 59.9 Å². The lowest BCUT2D eigenvalue weighted by molar-refractivity contribution is -0.135. The largest absolute Gasteiger partial charge is 0.493 e. The zero-order valence-electron chi connectivity index (χ0n) is 20.5. The molecular weight excluding hydrogens is 450 g/mol. The molecule has 2 rings (SSSR count). The lowest BCUT2D eigenvalue weighted by Crippen LogP contribution is -2.05. The summed E-state index contributed by atoms with van der Waals surface area (Å²) in [6, 6.07) is 11.8. The van der Waals surface area contributed by atoms with Crippen LogP contribution in [-0.4, -0.2) is 39.9 Å². The third-order valence-corrected chi connectivity index (χ3v) is 4.79. The maximum absolute atomic E-state index is 12.4. The fourth-order valence-electron chi connectivity index (χ4n) is 2.89. The Morgan fingerprint density at radius 3 is 2.20 bits per heavy atom. The molecule has 2 aromatic carbocycles. The summed E-state index contributed by atoms with van der Waals surface area (Å²) < 4.78 is 26.4. The summed E-state index contributed by atoms with van der Waals surface area (Å²) in [6.45, 7) is 4.85. The van der Waals surface area contributed by atoms with Gasteiger partial charge in [-0.1, -0.05) is 26.0 Å². The van der Waals surface area contributed by atoms with E-state index in [1.807, 2.05) is 6.07 Å². The van der Waals surface area contributed by atoms with Gasteiger partial charge in [-0.15, -0.1) is 0 Å². The Hall–Kier alpha value is -4.25. The average Bonchev–Trinajstić information content (AvgIpc) is 2.86. The molecule has 8 heteroatoms. The zero-order valence-corrected chi connectivity index (χ0v) is 20.5. The maximum atomic E-state index is 12.4. The van der Waals surface area contributed by atoms with E-state index >= 15 is 0 Å². The van der Waals surface area contributed by atoms with Crippen molar-refractivity contribution in [1.29, 1.82) is 5.26 Å². The molecule has 8 nitrogen and oxygen atoms in total. The minimum atomic E-state index is -0.751. The smallest absolute Gasteiger partial charge is 0.348 e. The average molecular weight is 480 g/mol. The number of methoxy groups -OCH3 is 3. The molecule has 0 radical (unpaired) electrons. The first kappa shape index (κ1) is 27.0. The lowest BCUT2D eigenvalue weighted by Gasteiger charge is -2.12. The Kier molecular flexibility index (Phi) is 10.4. The Morgan fingerprint density at radius 1 is 0.943 bits per heavy atom. The molecule has 184 valence electrons. The van der Waals surface area contributed by atoms with Crippen LogP contribution in [0.25, 0.3) is 12.2 Å². The van der Waals surface area contributed by atoms with Gasteiger partial charge in [-0.3, -0.25) is 0 Å². The minimum absolute atomic E-state index is 0.172. The first-order valence-electron chi connectivity index (χ1n) is 10.9. The van der Waals surface area contributed by atoms with Crippen molar-refractivity contribution in [3.8, 4) is 29.1 Å². The summed E-state index contributed by atoms with van der Waals surface area (Å²) in [7, 11) is 4.16. The number of carbonyl (C=O) groups is 2. The van der Waals surface area contributed by atoms with Gasteiger partial charge in [0.2, 0.25) is 0 Å². The summed E-state index contributed by atoms with van der Waals surface area (Å²) in [5.41, 5.74) is 1.06. The van der Waals surface area contributed by atoms with Gasteiger partial charge in [0, 0.05) is 6.08 Å². The van der Waals surface area contributed by atoms with Crippen molar-refractivity contribution in [2.24, 2.45) is 5.92 Å². The van der Waals surface area contributed by atoms with Gasteiger partial charge in [0.25, 0.3) is 0 Å². The van der Waals surface area contributed by atoms with Gasteiger partial charge in [-0.25, -0.2) is 9.59 Å². The number of benzene rings is 2. The number of hydrogen-bond acceptors (Lipinski definition) is 8. The summed E-state index contributed by atoms with van der Waals surface area (Å²) in [5.74, 6) is 0.815. The van der Waals surface area contributed by atoms with E-state index in [2.05, 4.69) is 18.6 Å². The van der Waals surface area contributed by atoms with Crippen LogP contribution in [-0.2, 0) is 14.3 Å². The second-order valence-corrected chi connectivity index (χ2v) is 7.77. The van der Waals surface area contributed by atoms with E-state index in [0.29, 0.717) is 29.6 Å². The zero-order chi connectivity index (χ0) is 25.8. The molecule has 0 amide bonds. The van der Waals surface area contributed by atoms with Gasteiger partial charge in [-0.2, -0.15) is 5.26 Å². The molecule has 0 fully saturated rings. The van der Waals surface area contributed by atoms with Crippen LogP contribution >= 0.6 is 0 Å². The fourth-order valence-corrected chi connectivity index (χ4v) is 2.89. The quantitative estimate of drug-likeness (QED) is 0.195. The van der Waals surface area contributed by atoms with Crippen molar-refractivity contribution >= 4 is 24.1 Å². The second kappa shape index (κ2) is 13.5. The molecule has 0 bridgehead atoms. The Balaban J connectivity index is 2.11. The molecule has 0 aliphatic carbocycles. The number of nitrogens with zero attached hydrogens (tertiary/aromatic N) is 1. The first-order valence-corrected chi connectivity index (χ1v) is 10.9. The number of esters is 2. The highest BCUT2D eigenvalue weighted by atomic mass is 16.6. The van der Waals surface area contributed by atoms with Crippen molar-refractivity contribution < 1.29 is 33.3 Å². The van der Waals surface area contributed by atoms with E-state index in [1.54, 1.807) is 37.5 Å². The topological polar surface area (TPSA) is 104 Å². The van der Waals surface area contributed by atoms with Crippen LogP contribution in [0.4, 0.5) is 0 Å². The Labute approximate surface area is 205 Å². The third kappa shape index (κ3) is 8.23. The normalized spacial score (nSPS) is 11.2.